The zero-order valence-electron chi connectivity index (χ0n) is 27.3. The smallest absolute Gasteiger partial charge is 0.195 e. The van der Waals surface area contributed by atoms with E-state index in [0.717, 1.165) is 82.4 Å². The normalized spacial score (nSPS) is 11.1. The Morgan fingerprint density at radius 3 is 1.73 bits per heavy atom. The highest BCUT2D eigenvalue weighted by molar-refractivity contribution is 6.24. The molecule has 0 saturated heterocycles. The van der Waals surface area contributed by atoms with Crippen molar-refractivity contribution in [3.05, 3.63) is 180 Å². The molecule has 1 aromatic heterocycles. The van der Waals surface area contributed by atoms with Gasteiger partial charge in [-0.2, -0.15) is 10.5 Å². The third kappa shape index (κ3) is 4.51. The average molecular weight is 647 g/mol. The van der Waals surface area contributed by atoms with Crippen molar-refractivity contribution in [2.45, 2.75) is 0 Å². The molecule has 0 fully saturated rings. The van der Waals surface area contributed by atoms with Crippen LogP contribution in [0.2, 0.25) is 0 Å². The van der Waals surface area contributed by atoms with Crippen molar-refractivity contribution in [1.82, 2.24) is 4.57 Å². The SMILES string of the molecule is [C-]#[N+]c1cccc(-c2cccc(C#N)c2-n2c3ccccc3c3cc(C#N)ccc32)c1-c1c2ccccc2c(-c2ccccc2)c2ccccc12. The van der Waals surface area contributed by atoms with Crippen LogP contribution < -0.4 is 0 Å². The van der Waals surface area contributed by atoms with E-state index in [0.29, 0.717) is 16.8 Å². The molecule has 0 aliphatic heterocycles. The highest BCUT2D eigenvalue weighted by atomic mass is 15.0. The second-order valence-electron chi connectivity index (χ2n) is 12.5. The maximum atomic E-state index is 10.7. The molecule has 9 aromatic rings. The van der Waals surface area contributed by atoms with Gasteiger partial charge in [-0.3, -0.25) is 0 Å². The van der Waals surface area contributed by atoms with Gasteiger partial charge in [0, 0.05) is 16.3 Å². The third-order valence-corrected chi connectivity index (χ3v) is 9.88. The molecule has 0 amide bonds. The van der Waals surface area contributed by atoms with Crippen LogP contribution in [0.1, 0.15) is 11.1 Å². The van der Waals surface area contributed by atoms with E-state index in [-0.39, 0.29) is 0 Å². The van der Waals surface area contributed by atoms with E-state index in [1.54, 1.807) is 0 Å². The molecule has 0 unspecified atom stereocenters. The summed E-state index contributed by atoms with van der Waals surface area (Å²) in [6.07, 6.45) is 0. The predicted molar refractivity (Wildman–Crippen MR) is 208 cm³/mol. The summed E-state index contributed by atoms with van der Waals surface area (Å²) in [5.41, 5.74) is 9.95. The second-order valence-corrected chi connectivity index (χ2v) is 12.5. The fourth-order valence-corrected chi connectivity index (χ4v) is 7.81. The molecule has 0 saturated carbocycles. The average Bonchev–Trinajstić information content (AvgIpc) is 3.52. The van der Waals surface area contributed by atoms with Gasteiger partial charge in [0.05, 0.1) is 40.5 Å². The molecule has 0 N–H and O–H groups in total. The summed E-state index contributed by atoms with van der Waals surface area (Å²) in [6.45, 7) is 8.45. The van der Waals surface area contributed by atoms with Crippen molar-refractivity contribution in [1.29, 1.82) is 10.5 Å². The Balaban J connectivity index is 1.44. The molecule has 8 aromatic carbocycles. The zero-order chi connectivity index (χ0) is 34.5. The van der Waals surface area contributed by atoms with Gasteiger partial charge in [0.1, 0.15) is 6.07 Å². The Kier molecular flexibility index (Phi) is 6.93. The molecule has 0 spiro atoms. The van der Waals surface area contributed by atoms with Crippen LogP contribution in [-0.2, 0) is 0 Å². The molecule has 0 atom stereocenters. The fraction of sp³-hybridized carbons (Fsp3) is 0. The molecule has 0 aliphatic carbocycles. The Morgan fingerprint density at radius 2 is 1.06 bits per heavy atom. The number of aromatic nitrogens is 1. The van der Waals surface area contributed by atoms with Gasteiger partial charge in [-0.15, -0.1) is 0 Å². The largest absolute Gasteiger partial charge is 0.307 e. The van der Waals surface area contributed by atoms with E-state index >= 15 is 0 Å². The summed E-state index contributed by atoms with van der Waals surface area (Å²) in [5.74, 6) is 0. The van der Waals surface area contributed by atoms with E-state index in [2.05, 4.69) is 119 Å². The van der Waals surface area contributed by atoms with Crippen LogP contribution in [0.5, 0.6) is 0 Å². The lowest BCUT2D eigenvalue weighted by molar-refractivity contribution is 1.17. The number of hydrogen-bond donors (Lipinski definition) is 0. The van der Waals surface area contributed by atoms with E-state index in [9.17, 15) is 10.5 Å². The van der Waals surface area contributed by atoms with Crippen LogP contribution in [-0.4, -0.2) is 4.57 Å². The number of rotatable bonds is 4. The van der Waals surface area contributed by atoms with Crippen LogP contribution >= 0.6 is 0 Å². The third-order valence-electron chi connectivity index (χ3n) is 9.88. The highest BCUT2D eigenvalue weighted by Gasteiger charge is 2.25. The molecule has 0 bridgehead atoms. The first-order valence-electron chi connectivity index (χ1n) is 16.7. The van der Waals surface area contributed by atoms with Crippen molar-refractivity contribution < 1.29 is 0 Å². The molecule has 234 valence electrons. The topological polar surface area (TPSA) is 56.9 Å². The van der Waals surface area contributed by atoms with Crippen molar-refractivity contribution >= 4 is 49.0 Å². The van der Waals surface area contributed by atoms with E-state index < -0.39 is 0 Å². The summed E-state index contributed by atoms with van der Waals surface area (Å²) >= 11 is 0. The first-order chi connectivity index (χ1) is 25.2. The number of hydrogen-bond acceptors (Lipinski definition) is 2. The van der Waals surface area contributed by atoms with Crippen LogP contribution in [0.4, 0.5) is 5.69 Å². The Labute approximate surface area is 294 Å². The van der Waals surface area contributed by atoms with Gasteiger partial charge in [0.15, 0.2) is 5.69 Å². The predicted octanol–water partition coefficient (Wildman–Crippen LogP) is 12.4. The monoisotopic (exact) mass is 646 g/mol. The first kappa shape index (κ1) is 29.7. The van der Waals surface area contributed by atoms with Crippen molar-refractivity contribution in [3.63, 3.8) is 0 Å². The number of fused-ring (bicyclic) bond motifs is 5. The van der Waals surface area contributed by atoms with E-state index in [1.807, 2.05) is 60.7 Å². The van der Waals surface area contributed by atoms with E-state index in [1.165, 1.54) is 0 Å². The maximum absolute atomic E-state index is 10.7. The molecule has 9 rings (SSSR count). The second kappa shape index (κ2) is 11.9. The Morgan fingerprint density at radius 1 is 0.471 bits per heavy atom. The summed E-state index contributed by atoms with van der Waals surface area (Å²) in [4.78, 5) is 4.13. The highest BCUT2D eigenvalue weighted by Crippen LogP contribution is 2.50. The molecular formula is C47H26N4. The number of nitriles is 2. The van der Waals surface area contributed by atoms with E-state index in [4.69, 9.17) is 6.57 Å². The Hall–Kier alpha value is -7.45. The van der Waals surface area contributed by atoms with Crippen LogP contribution in [0, 0.1) is 29.2 Å². The van der Waals surface area contributed by atoms with Crippen LogP contribution in [0.25, 0.3) is 87.3 Å². The lowest BCUT2D eigenvalue weighted by Gasteiger charge is -2.22. The first-order valence-corrected chi connectivity index (χ1v) is 16.7. The fourth-order valence-electron chi connectivity index (χ4n) is 7.81. The minimum absolute atomic E-state index is 0.507. The zero-order valence-corrected chi connectivity index (χ0v) is 27.3. The number of benzene rings is 8. The van der Waals surface area contributed by atoms with Gasteiger partial charge < -0.3 is 4.57 Å². The van der Waals surface area contributed by atoms with Gasteiger partial charge in [-0.25, -0.2) is 4.85 Å². The quantitative estimate of drug-likeness (QED) is 0.141. The molecular weight excluding hydrogens is 621 g/mol. The molecule has 4 heteroatoms. The van der Waals surface area contributed by atoms with Crippen molar-refractivity contribution in [2.24, 2.45) is 0 Å². The van der Waals surface area contributed by atoms with Gasteiger partial charge in [0.2, 0.25) is 0 Å². The summed E-state index contributed by atoms with van der Waals surface area (Å²) in [7, 11) is 0. The minimum atomic E-state index is 0.507. The standard InChI is InChI=1S/C47H26N4/c1-50-41-23-12-21-38(46(41)45-36-19-7-5-17-34(36)44(31-13-3-2-4-14-31)35-18-6-8-20-37(35)45)39-22-11-15-32(29-49)47(39)51-42-24-10-9-16-33(42)40-27-30(28-48)25-26-43(40)51/h2-27H. The Bertz CT molecular complexity index is 2940. The van der Waals surface area contributed by atoms with Gasteiger partial charge in [-0.05, 0) is 79.7 Å². The maximum Gasteiger partial charge on any atom is 0.195 e. The summed E-state index contributed by atoms with van der Waals surface area (Å²) in [6, 6.07) is 57.7. The number of para-hydroxylation sites is 2. The molecule has 0 radical (unpaired) electrons. The lowest BCUT2D eigenvalue weighted by atomic mass is 9.83. The molecule has 51 heavy (non-hydrogen) atoms. The lowest BCUT2D eigenvalue weighted by Crippen LogP contribution is -2.02. The van der Waals surface area contributed by atoms with Gasteiger partial charge in [-0.1, -0.05) is 127 Å². The minimum Gasteiger partial charge on any atom is -0.307 e. The van der Waals surface area contributed by atoms with Crippen LogP contribution in [0.15, 0.2) is 158 Å². The van der Waals surface area contributed by atoms with Crippen LogP contribution in [0.3, 0.4) is 0 Å². The van der Waals surface area contributed by atoms with Crippen molar-refractivity contribution in [2.75, 3.05) is 0 Å². The molecule has 1 heterocycles. The van der Waals surface area contributed by atoms with Crippen molar-refractivity contribution in [3.8, 4) is 51.2 Å². The summed E-state index contributed by atoms with van der Waals surface area (Å²) in [5, 5.41) is 26.7. The van der Waals surface area contributed by atoms with Gasteiger partial charge >= 0.3 is 0 Å². The summed E-state index contributed by atoms with van der Waals surface area (Å²) < 4.78 is 2.14. The molecule has 4 nitrogen and oxygen atoms in total. The molecule has 0 aliphatic rings. The van der Waals surface area contributed by atoms with Gasteiger partial charge in [0.25, 0.3) is 0 Å². The number of nitrogens with zero attached hydrogens (tertiary/aromatic N) is 4.